The quantitative estimate of drug-likeness (QED) is 0.801. The number of ether oxygens (including phenoxy) is 2. The predicted molar refractivity (Wildman–Crippen MR) is 77.7 cm³/mol. The lowest BCUT2D eigenvalue weighted by atomic mass is 9.97. The third kappa shape index (κ3) is 4.53. The normalized spacial score (nSPS) is 16.1. The van der Waals surface area contributed by atoms with E-state index in [2.05, 4.69) is 0 Å². The SMILES string of the molecule is COCCC(=O)N1CCC(COc2ccccc2)CC1. The predicted octanol–water partition coefficient (Wildman–Crippen LogP) is 2.34. The number of carbonyl (C=O) groups is 1. The summed E-state index contributed by atoms with van der Waals surface area (Å²) in [6, 6.07) is 9.89. The van der Waals surface area contributed by atoms with Gasteiger partial charge in [0.2, 0.25) is 5.91 Å². The maximum absolute atomic E-state index is 11.9. The highest BCUT2D eigenvalue weighted by Gasteiger charge is 2.22. The highest BCUT2D eigenvalue weighted by molar-refractivity contribution is 5.76. The van der Waals surface area contributed by atoms with Crippen LogP contribution in [0, 0.1) is 5.92 Å². The van der Waals surface area contributed by atoms with Gasteiger partial charge in [-0.1, -0.05) is 18.2 Å². The fourth-order valence-electron chi connectivity index (χ4n) is 2.43. The lowest BCUT2D eigenvalue weighted by molar-refractivity contribution is -0.133. The van der Waals surface area contributed by atoms with E-state index >= 15 is 0 Å². The largest absolute Gasteiger partial charge is 0.493 e. The standard InChI is InChI=1S/C16H23NO3/c1-19-12-9-16(18)17-10-7-14(8-11-17)13-20-15-5-3-2-4-6-15/h2-6,14H,7-13H2,1H3. The van der Waals surface area contributed by atoms with Crippen molar-refractivity contribution < 1.29 is 14.3 Å². The van der Waals surface area contributed by atoms with Crippen molar-refractivity contribution in [2.45, 2.75) is 19.3 Å². The van der Waals surface area contributed by atoms with Crippen LogP contribution in [0.15, 0.2) is 30.3 Å². The summed E-state index contributed by atoms with van der Waals surface area (Å²) < 4.78 is 10.7. The number of nitrogens with zero attached hydrogens (tertiary/aromatic N) is 1. The van der Waals surface area contributed by atoms with Crippen LogP contribution in [-0.4, -0.2) is 44.2 Å². The van der Waals surface area contributed by atoms with E-state index in [0.29, 0.717) is 18.9 Å². The summed E-state index contributed by atoms with van der Waals surface area (Å²) in [5.41, 5.74) is 0. The molecule has 20 heavy (non-hydrogen) atoms. The van der Waals surface area contributed by atoms with Gasteiger partial charge in [-0.15, -0.1) is 0 Å². The molecule has 4 nitrogen and oxygen atoms in total. The molecule has 0 radical (unpaired) electrons. The Morgan fingerprint density at radius 2 is 1.95 bits per heavy atom. The van der Waals surface area contributed by atoms with E-state index in [1.54, 1.807) is 7.11 Å². The van der Waals surface area contributed by atoms with Crippen molar-refractivity contribution in [3.63, 3.8) is 0 Å². The van der Waals surface area contributed by atoms with Crippen LogP contribution in [0.1, 0.15) is 19.3 Å². The monoisotopic (exact) mass is 277 g/mol. The third-order valence-electron chi connectivity index (χ3n) is 3.72. The zero-order valence-electron chi connectivity index (χ0n) is 12.1. The van der Waals surface area contributed by atoms with E-state index in [1.165, 1.54) is 0 Å². The minimum Gasteiger partial charge on any atom is -0.493 e. The summed E-state index contributed by atoms with van der Waals surface area (Å²) in [6.07, 6.45) is 2.53. The Morgan fingerprint density at radius 3 is 2.60 bits per heavy atom. The van der Waals surface area contributed by atoms with Crippen LogP contribution in [0.4, 0.5) is 0 Å². The lowest BCUT2D eigenvalue weighted by Crippen LogP contribution is -2.40. The second-order valence-electron chi connectivity index (χ2n) is 5.19. The summed E-state index contributed by atoms with van der Waals surface area (Å²) >= 11 is 0. The summed E-state index contributed by atoms with van der Waals surface area (Å²) in [5.74, 6) is 1.67. The number of carbonyl (C=O) groups excluding carboxylic acids is 1. The Bertz CT molecular complexity index is 399. The second-order valence-corrected chi connectivity index (χ2v) is 5.19. The van der Waals surface area contributed by atoms with Crippen molar-refractivity contribution >= 4 is 5.91 Å². The van der Waals surface area contributed by atoms with Crippen molar-refractivity contribution in [2.24, 2.45) is 5.92 Å². The van der Waals surface area contributed by atoms with Gasteiger partial charge in [0, 0.05) is 20.2 Å². The van der Waals surface area contributed by atoms with E-state index in [0.717, 1.165) is 38.3 Å². The lowest BCUT2D eigenvalue weighted by Gasteiger charge is -2.32. The van der Waals surface area contributed by atoms with Crippen LogP contribution in [0.3, 0.4) is 0 Å². The Balaban J connectivity index is 1.68. The van der Waals surface area contributed by atoms with Gasteiger partial charge in [-0.25, -0.2) is 0 Å². The van der Waals surface area contributed by atoms with Crippen LogP contribution >= 0.6 is 0 Å². The topological polar surface area (TPSA) is 38.8 Å². The molecule has 1 amide bonds. The smallest absolute Gasteiger partial charge is 0.224 e. The Hall–Kier alpha value is -1.55. The van der Waals surface area contributed by atoms with E-state index in [4.69, 9.17) is 9.47 Å². The molecule has 1 aromatic rings. The first kappa shape index (κ1) is 14.9. The number of hydrogen-bond donors (Lipinski definition) is 0. The molecule has 0 aromatic heterocycles. The zero-order valence-corrected chi connectivity index (χ0v) is 12.1. The van der Waals surface area contributed by atoms with E-state index < -0.39 is 0 Å². The molecule has 0 aliphatic carbocycles. The second kappa shape index (κ2) is 7.90. The van der Waals surface area contributed by atoms with Crippen molar-refractivity contribution in [3.05, 3.63) is 30.3 Å². The van der Waals surface area contributed by atoms with Gasteiger partial charge in [0.15, 0.2) is 0 Å². The Kier molecular flexibility index (Phi) is 5.87. The molecule has 4 heteroatoms. The number of amides is 1. The molecule has 1 saturated heterocycles. The number of methoxy groups -OCH3 is 1. The van der Waals surface area contributed by atoms with E-state index in [-0.39, 0.29) is 5.91 Å². The third-order valence-corrected chi connectivity index (χ3v) is 3.72. The minimum absolute atomic E-state index is 0.203. The zero-order chi connectivity index (χ0) is 14.2. The molecule has 1 fully saturated rings. The van der Waals surface area contributed by atoms with Gasteiger partial charge in [-0.2, -0.15) is 0 Å². The van der Waals surface area contributed by atoms with Crippen molar-refractivity contribution in [3.8, 4) is 5.75 Å². The van der Waals surface area contributed by atoms with Crippen molar-refractivity contribution in [1.29, 1.82) is 0 Å². The minimum atomic E-state index is 0.203. The van der Waals surface area contributed by atoms with Crippen LogP contribution in [0.5, 0.6) is 5.75 Å². The van der Waals surface area contributed by atoms with Gasteiger partial charge in [0.25, 0.3) is 0 Å². The molecule has 110 valence electrons. The highest BCUT2D eigenvalue weighted by atomic mass is 16.5. The Morgan fingerprint density at radius 1 is 1.25 bits per heavy atom. The molecule has 1 heterocycles. The molecule has 1 aliphatic rings. The van der Waals surface area contributed by atoms with Crippen LogP contribution in [0.2, 0.25) is 0 Å². The number of rotatable bonds is 6. The number of para-hydroxylation sites is 1. The highest BCUT2D eigenvalue weighted by Crippen LogP contribution is 2.19. The fourth-order valence-corrected chi connectivity index (χ4v) is 2.43. The number of hydrogen-bond acceptors (Lipinski definition) is 3. The van der Waals surface area contributed by atoms with Gasteiger partial charge in [0.1, 0.15) is 5.75 Å². The molecule has 0 N–H and O–H groups in total. The van der Waals surface area contributed by atoms with Gasteiger partial charge >= 0.3 is 0 Å². The number of piperidine rings is 1. The number of benzene rings is 1. The molecular weight excluding hydrogens is 254 g/mol. The number of likely N-dealkylation sites (tertiary alicyclic amines) is 1. The van der Waals surface area contributed by atoms with Gasteiger partial charge in [-0.3, -0.25) is 4.79 Å². The molecule has 2 rings (SSSR count). The average molecular weight is 277 g/mol. The maximum atomic E-state index is 11.9. The molecule has 0 saturated carbocycles. The molecule has 0 unspecified atom stereocenters. The van der Waals surface area contributed by atoms with Crippen LogP contribution < -0.4 is 4.74 Å². The average Bonchev–Trinajstić information content (AvgIpc) is 2.52. The van der Waals surface area contributed by atoms with Crippen molar-refractivity contribution in [1.82, 2.24) is 4.90 Å². The Labute approximate surface area is 120 Å². The van der Waals surface area contributed by atoms with Gasteiger partial charge < -0.3 is 14.4 Å². The van der Waals surface area contributed by atoms with Gasteiger partial charge in [0.05, 0.1) is 19.6 Å². The van der Waals surface area contributed by atoms with Crippen LogP contribution in [-0.2, 0) is 9.53 Å². The van der Waals surface area contributed by atoms with Gasteiger partial charge in [-0.05, 0) is 30.9 Å². The summed E-state index contributed by atoms with van der Waals surface area (Å²) in [7, 11) is 1.63. The van der Waals surface area contributed by atoms with E-state index in [1.807, 2.05) is 35.2 Å². The van der Waals surface area contributed by atoms with Crippen molar-refractivity contribution in [2.75, 3.05) is 33.4 Å². The summed E-state index contributed by atoms with van der Waals surface area (Å²) in [5, 5.41) is 0. The molecule has 0 spiro atoms. The molecule has 1 aromatic carbocycles. The fraction of sp³-hybridized carbons (Fsp3) is 0.562. The molecule has 0 atom stereocenters. The maximum Gasteiger partial charge on any atom is 0.224 e. The van der Waals surface area contributed by atoms with E-state index in [9.17, 15) is 4.79 Å². The first-order valence-corrected chi connectivity index (χ1v) is 7.24. The molecular formula is C16H23NO3. The summed E-state index contributed by atoms with van der Waals surface area (Å²) in [4.78, 5) is 13.8. The molecule has 0 bridgehead atoms. The first-order chi connectivity index (χ1) is 9.79. The van der Waals surface area contributed by atoms with Crippen LogP contribution in [0.25, 0.3) is 0 Å². The first-order valence-electron chi connectivity index (χ1n) is 7.24. The molecule has 1 aliphatic heterocycles. The summed E-state index contributed by atoms with van der Waals surface area (Å²) in [6.45, 7) is 2.93.